The van der Waals surface area contributed by atoms with Crippen LogP contribution in [-0.2, 0) is 4.79 Å². The lowest BCUT2D eigenvalue weighted by atomic mass is 10.3. The molecule has 3 aromatic rings. The highest BCUT2D eigenvalue weighted by Crippen LogP contribution is 2.19. The molecule has 0 spiro atoms. The van der Waals surface area contributed by atoms with Crippen LogP contribution in [0, 0.1) is 0 Å². The van der Waals surface area contributed by atoms with Crippen LogP contribution in [0.2, 0.25) is 0 Å². The fourth-order valence-corrected chi connectivity index (χ4v) is 1.91. The number of fused-ring (bicyclic) bond motifs is 1. The second-order valence-corrected chi connectivity index (χ2v) is 4.54. The highest BCUT2D eigenvalue weighted by molar-refractivity contribution is 7.07. The van der Waals surface area contributed by atoms with Gasteiger partial charge < -0.3 is 15.3 Å². The van der Waals surface area contributed by atoms with Gasteiger partial charge in [-0.15, -0.1) is 0 Å². The summed E-state index contributed by atoms with van der Waals surface area (Å²) in [5, 5.41) is 6.49. The predicted molar refractivity (Wildman–Crippen MR) is 78.9 cm³/mol. The molecule has 0 aliphatic carbocycles. The Labute approximate surface area is 119 Å². The van der Waals surface area contributed by atoms with E-state index in [4.69, 9.17) is 0 Å². The largest absolute Gasteiger partial charge is 0.368 e. The number of carbonyl (C=O) groups excluding carboxylic acids is 2. The number of nitrogens with one attached hydrogen (secondary N) is 3. The van der Waals surface area contributed by atoms with Gasteiger partial charge in [0.15, 0.2) is 0 Å². The van der Waals surface area contributed by atoms with Gasteiger partial charge in [0.25, 0.3) is 11.7 Å². The quantitative estimate of drug-likeness (QED) is 0.556. The average Bonchev–Trinajstić information content (AvgIpc) is 3.20. The molecule has 1 aliphatic rings. The number of amides is 1. The Hall–Kier alpha value is -2.60. The Morgan fingerprint density at radius 1 is 0.900 bits per heavy atom. The molecular formula is C14H13N3O2S. The zero-order valence-corrected chi connectivity index (χ0v) is 11.3. The van der Waals surface area contributed by atoms with Crippen molar-refractivity contribution in [2.45, 2.75) is 0 Å². The number of aromatic nitrogens is 2. The zero-order chi connectivity index (χ0) is 14.2. The van der Waals surface area contributed by atoms with Crippen molar-refractivity contribution in [3.63, 3.8) is 0 Å². The molecule has 0 radical (unpaired) electrons. The van der Waals surface area contributed by atoms with E-state index in [0.29, 0.717) is 11.4 Å². The molecule has 0 saturated heterocycles. The summed E-state index contributed by atoms with van der Waals surface area (Å²) in [7, 11) is 0. The molecule has 5 nitrogen and oxygen atoms in total. The number of aromatic amines is 2. The molecule has 0 saturated carbocycles. The lowest BCUT2D eigenvalue weighted by Crippen LogP contribution is -2.13. The molecule has 0 fully saturated rings. The molecule has 3 aromatic heterocycles. The van der Waals surface area contributed by atoms with Gasteiger partial charge in [0.1, 0.15) is 5.69 Å². The van der Waals surface area contributed by atoms with Gasteiger partial charge in [-0.2, -0.15) is 11.3 Å². The SMILES string of the molecule is O=C1Nc2cc[nH]c2C1=O.c1cc[nH]c1.c1ccsc1. The van der Waals surface area contributed by atoms with Gasteiger partial charge in [-0.1, -0.05) is 12.1 Å². The van der Waals surface area contributed by atoms with Gasteiger partial charge in [0.2, 0.25) is 0 Å². The van der Waals surface area contributed by atoms with Crippen LogP contribution in [0.3, 0.4) is 0 Å². The van der Waals surface area contributed by atoms with Crippen LogP contribution in [-0.4, -0.2) is 21.7 Å². The molecule has 1 aliphatic heterocycles. The van der Waals surface area contributed by atoms with Crippen LogP contribution in [0.25, 0.3) is 0 Å². The van der Waals surface area contributed by atoms with E-state index in [1.165, 1.54) is 0 Å². The number of ketones is 1. The molecule has 4 rings (SSSR count). The van der Waals surface area contributed by atoms with Crippen molar-refractivity contribution in [2.75, 3.05) is 5.32 Å². The Bertz CT molecular complexity index is 581. The van der Waals surface area contributed by atoms with Crippen LogP contribution >= 0.6 is 11.3 Å². The molecule has 6 heteroatoms. The first-order chi connectivity index (χ1) is 9.79. The van der Waals surface area contributed by atoms with E-state index in [1.54, 1.807) is 23.6 Å². The van der Waals surface area contributed by atoms with Crippen molar-refractivity contribution < 1.29 is 9.59 Å². The van der Waals surface area contributed by atoms with Crippen LogP contribution < -0.4 is 5.32 Å². The second-order valence-electron chi connectivity index (χ2n) is 3.73. The maximum Gasteiger partial charge on any atom is 0.298 e. The van der Waals surface area contributed by atoms with E-state index in [2.05, 4.69) is 15.3 Å². The first-order valence-electron chi connectivity index (χ1n) is 5.87. The second kappa shape index (κ2) is 7.10. The molecule has 20 heavy (non-hydrogen) atoms. The normalized spacial score (nSPS) is 11.6. The topological polar surface area (TPSA) is 77.8 Å². The van der Waals surface area contributed by atoms with Crippen LogP contribution in [0.4, 0.5) is 5.69 Å². The third-order valence-electron chi connectivity index (χ3n) is 2.35. The molecule has 102 valence electrons. The lowest BCUT2D eigenvalue weighted by molar-refractivity contribution is -0.112. The van der Waals surface area contributed by atoms with Gasteiger partial charge in [-0.25, -0.2) is 0 Å². The minimum atomic E-state index is -0.554. The molecular weight excluding hydrogens is 274 g/mol. The van der Waals surface area contributed by atoms with E-state index in [-0.39, 0.29) is 0 Å². The molecule has 0 bridgehead atoms. The van der Waals surface area contributed by atoms with Gasteiger partial charge in [-0.3, -0.25) is 9.59 Å². The minimum absolute atomic E-state index is 0.366. The number of H-pyrrole nitrogens is 2. The van der Waals surface area contributed by atoms with Gasteiger partial charge >= 0.3 is 0 Å². The van der Waals surface area contributed by atoms with E-state index in [0.717, 1.165) is 0 Å². The summed E-state index contributed by atoms with van der Waals surface area (Å²) >= 11 is 1.71. The molecule has 3 N–H and O–H groups in total. The maximum atomic E-state index is 10.8. The molecule has 0 unspecified atom stereocenters. The van der Waals surface area contributed by atoms with Crippen molar-refractivity contribution in [3.8, 4) is 0 Å². The fourth-order valence-electron chi connectivity index (χ4n) is 1.46. The highest BCUT2D eigenvalue weighted by atomic mass is 32.1. The van der Waals surface area contributed by atoms with Gasteiger partial charge in [-0.05, 0) is 29.0 Å². The molecule has 4 heterocycles. The number of hydrogen-bond donors (Lipinski definition) is 3. The van der Waals surface area contributed by atoms with Crippen molar-refractivity contribution in [1.29, 1.82) is 0 Å². The summed E-state index contributed by atoms with van der Waals surface area (Å²) in [5.41, 5.74) is 0.944. The lowest BCUT2D eigenvalue weighted by Gasteiger charge is -1.83. The van der Waals surface area contributed by atoms with Crippen molar-refractivity contribution >= 4 is 28.7 Å². The van der Waals surface area contributed by atoms with E-state index in [9.17, 15) is 9.59 Å². The third-order valence-corrected chi connectivity index (χ3v) is 2.98. The monoisotopic (exact) mass is 287 g/mol. The number of Topliss-reactive ketones (excluding diaryl/α,β-unsaturated/α-hetero) is 1. The van der Waals surface area contributed by atoms with Crippen molar-refractivity contribution in [1.82, 2.24) is 9.97 Å². The standard InChI is InChI=1S/C6H4N2O2.C4H5N.C4H4S/c9-5-4-3(1-2-7-4)8-6(5)10;2*1-2-4-5-3-1/h1-2,7H,(H,8,9,10);1-5H;1-4H. The Morgan fingerprint density at radius 3 is 2.05 bits per heavy atom. The Morgan fingerprint density at radius 2 is 1.60 bits per heavy atom. The Balaban J connectivity index is 0.000000124. The third kappa shape index (κ3) is 3.69. The molecule has 0 aromatic carbocycles. The van der Waals surface area contributed by atoms with Crippen molar-refractivity contribution in [2.24, 2.45) is 0 Å². The average molecular weight is 287 g/mol. The number of anilines is 1. The summed E-state index contributed by atoms with van der Waals surface area (Å²) < 4.78 is 0. The summed E-state index contributed by atoms with van der Waals surface area (Å²) in [6.45, 7) is 0. The highest BCUT2D eigenvalue weighted by Gasteiger charge is 2.28. The van der Waals surface area contributed by atoms with Crippen LogP contribution in [0.15, 0.2) is 59.7 Å². The fraction of sp³-hybridized carbons (Fsp3) is 0. The number of thiophene rings is 1. The van der Waals surface area contributed by atoms with Crippen LogP contribution in [0.5, 0.6) is 0 Å². The zero-order valence-electron chi connectivity index (χ0n) is 10.5. The van der Waals surface area contributed by atoms with Crippen molar-refractivity contribution in [3.05, 3.63) is 65.4 Å². The smallest absolute Gasteiger partial charge is 0.298 e. The predicted octanol–water partition coefficient (Wildman–Crippen LogP) is 2.91. The number of hydrogen-bond acceptors (Lipinski definition) is 3. The molecule has 0 atom stereocenters. The summed E-state index contributed by atoms with van der Waals surface area (Å²) in [5.74, 6) is -1.04. The summed E-state index contributed by atoms with van der Waals surface area (Å²) in [6, 6.07) is 9.58. The number of carbonyl (C=O) groups is 2. The van der Waals surface area contributed by atoms with Crippen LogP contribution in [0.1, 0.15) is 10.5 Å². The summed E-state index contributed by atoms with van der Waals surface area (Å²) in [6.07, 6.45) is 5.36. The Kier molecular flexibility index (Phi) is 4.91. The maximum absolute atomic E-state index is 10.8. The van der Waals surface area contributed by atoms with E-state index < -0.39 is 11.7 Å². The molecule has 1 amide bonds. The first kappa shape index (κ1) is 13.8. The summed E-state index contributed by atoms with van der Waals surface area (Å²) in [4.78, 5) is 27.0. The first-order valence-corrected chi connectivity index (χ1v) is 6.81. The van der Waals surface area contributed by atoms with Gasteiger partial charge in [0.05, 0.1) is 5.69 Å². The van der Waals surface area contributed by atoms with E-state index >= 15 is 0 Å². The number of rotatable bonds is 0. The van der Waals surface area contributed by atoms with Gasteiger partial charge in [0, 0.05) is 18.6 Å². The van der Waals surface area contributed by atoms with E-state index in [1.807, 2.05) is 47.4 Å². The minimum Gasteiger partial charge on any atom is -0.368 e.